The summed E-state index contributed by atoms with van der Waals surface area (Å²) in [5.74, 6) is 0.486. The van der Waals surface area contributed by atoms with E-state index in [-0.39, 0.29) is 16.7 Å². The number of benzene rings is 2. The van der Waals surface area contributed by atoms with Gasteiger partial charge in [-0.3, -0.25) is 15.0 Å². The summed E-state index contributed by atoms with van der Waals surface area (Å²) in [6.45, 7) is 4.25. The molecule has 5 nitrogen and oxygen atoms in total. The Bertz CT molecular complexity index is 1160. The number of hydrogen-bond acceptors (Lipinski definition) is 3. The molecular weight excluding hydrogens is 406 g/mol. The van der Waals surface area contributed by atoms with Crippen LogP contribution >= 0.6 is 11.8 Å². The van der Waals surface area contributed by atoms with Gasteiger partial charge in [0.2, 0.25) is 0 Å². The molecule has 2 atom stereocenters. The summed E-state index contributed by atoms with van der Waals surface area (Å²) in [5, 5.41) is 2.66. The van der Waals surface area contributed by atoms with Crippen molar-refractivity contribution >= 4 is 34.5 Å². The van der Waals surface area contributed by atoms with Gasteiger partial charge in [-0.05, 0) is 43.4 Å². The number of hydrogen-bond donors (Lipinski definition) is 2. The Kier molecular flexibility index (Phi) is 5.05. The molecule has 1 aliphatic heterocycles. The molecule has 2 aromatic carbocycles. The number of hydrazine groups is 1. The summed E-state index contributed by atoms with van der Waals surface area (Å²) in [5.41, 5.74) is 7.42. The molecule has 160 valence electrons. The maximum atomic E-state index is 13.6. The average molecular weight is 434 g/mol. The Labute approximate surface area is 186 Å². The van der Waals surface area contributed by atoms with Gasteiger partial charge in [-0.25, -0.2) is 5.01 Å². The molecule has 2 aliphatic rings. The third-order valence-electron chi connectivity index (χ3n) is 6.72. The first-order chi connectivity index (χ1) is 15.0. The molecule has 2 amide bonds. The first-order valence-electron chi connectivity index (χ1n) is 11.0. The second-order valence-electron chi connectivity index (χ2n) is 8.74. The van der Waals surface area contributed by atoms with E-state index < -0.39 is 0 Å². The van der Waals surface area contributed by atoms with Crippen molar-refractivity contribution in [3.05, 3.63) is 59.8 Å². The molecule has 1 aromatic heterocycles. The predicted molar refractivity (Wildman–Crippen MR) is 126 cm³/mol. The molecular formula is C25H27N3O2S. The molecule has 31 heavy (non-hydrogen) atoms. The third-order valence-corrected chi connectivity index (χ3v) is 8.40. The zero-order chi connectivity index (χ0) is 21.6. The molecule has 1 aliphatic carbocycles. The summed E-state index contributed by atoms with van der Waals surface area (Å²) in [6.07, 6.45) is 4.26. The van der Waals surface area contributed by atoms with Gasteiger partial charge in [0.1, 0.15) is 10.6 Å². The van der Waals surface area contributed by atoms with Crippen LogP contribution in [0.2, 0.25) is 0 Å². The molecule has 2 unspecified atom stereocenters. The second kappa shape index (κ2) is 7.75. The Morgan fingerprint density at radius 2 is 2.00 bits per heavy atom. The Hall–Kier alpha value is -2.73. The van der Waals surface area contributed by atoms with Crippen molar-refractivity contribution in [2.45, 2.75) is 44.4 Å². The normalized spacial score (nSPS) is 23.6. The number of fused-ring (bicyclic) bond motifs is 1. The molecule has 5 rings (SSSR count). The highest BCUT2D eigenvalue weighted by molar-refractivity contribution is 8.01. The lowest BCUT2D eigenvalue weighted by atomic mass is 9.84. The maximum Gasteiger partial charge on any atom is 0.286 e. The van der Waals surface area contributed by atoms with Gasteiger partial charge < -0.3 is 4.98 Å². The largest absolute Gasteiger partial charge is 0.350 e. The van der Waals surface area contributed by atoms with Crippen LogP contribution in [0, 0.1) is 12.8 Å². The van der Waals surface area contributed by atoms with Crippen molar-refractivity contribution in [2.24, 2.45) is 5.92 Å². The van der Waals surface area contributed by atoms with Crippen LogP contribution in [0.3, 0.4) is 0 Å². The van der Waals surface area contributed by atoms with Crippen LogP contribution in [0.4, 0.5) is 0 Å². The molecule has 2 N–H and O–H groups in total. The molecule has 1 spiro atoms. The first-order valence-corrected chi connectivity index (χ1v) is 11.9. The van der Waals surface area contributed by atoms with Gasteiger partial charge in [0.15, 0.2) is 0 Å². The van der Waals surface area contributed by atoms with Gasteiger partial charge in [-0.1, -0.05) is 61.7 Å². The minimum atomic E-state index is -0.333. The average Bonchev–Trinajstić information content (AvgIpc) is 3.30. The van der Waals surface area contributed by atoms with Crippen molar-refractivity contribution in [1.82, 2.24) is 15.4 Å². The number of aromatic nitrogens is 1. The van der Waals surface area contributed by atoms with Gasteiger partial charge in [0.05, 0.1) is 5.75 Å². The van der Waals surface area contributed by atoms with Gasteiger partial charge in [-0.2, -0.15) is 0 Å². The molecule has 3 aromatic rings. The number of amides is 2. The maximum absolute atomic E-state index is 13.6. The summed E-state index contributed by atoms with van der Waals surface area (Å²) in [4.78, 5) is 29.4. The lowest BCUT2D eigenvalue weighted by Crippen LogP contribution is -2.58. The monoisotopic (exact) mass is 433 g/mol. The minimum Gasteiger partial charge on any atom is -0.350 e. The van der Waals surface area contributed by atoms with E-state index in [0.29, 0.717) is 17.4 Å². The topological polar surface area (TPSA) is 65.2 Å². The number of carbonyl (C=O) groups is 2. The van der Waals surface area contributed by atoms with E-state index in [2.05, 4.69) is 30.3 Å². The summed E-state index contributed by atoms with van der Waals surface area (Å²) >= 11 is 1.69. The van der Waals surface area contributed by atoms with Crippen LogP contribution in [0.25, 0.3) is 22.0 Å². The van der Waals surface area contributed by atoms with E-state index >= 15 is 0 Å². The molecule has 6 heteroatoms. The standard InChI is InChI=1S/C25H27N3O2S/c1-16-11-12-20-19(14-16)22(18-9-4-3-5-10-18)23(26-20)24(30)27-28-21(29)15-31-25(28)13-7-6-8-17(25)2/h3-5,9-12,14,17,26H,6-8,13,15H2,1-2H3,(H,27,30). The Balaban J connectivity index is 1.56. The van der Waals surface area contributed by atoms with Gasteiger partial charge in [0.25, 0.3) is 11.8 Å². The van der Waals surface area contributed by atoms with Crippen molar-refractivity contribution in [2.75, 3.05) is 5.75 Å². The van der Waals surface area contributed by atoms with Gasteiger partial charge in [-0.15, -0.1) is 11.8 Å². The second-order valence-corrected chi connectivity index (χ2v) is 10.0. The van der Waals surface area contributed by atoms with Crippen LogP contribution < -0.4 is 5.43 Å². The highest BCUT2D eigenvalue weighted by Gasteiger charge is 2.51. The van der Waals surface area contributed by atoms with Crippen LogP contribution in [-0.4, -0.2) is 32.4 Å². The number of thioether (sulfide) groups is 1. The fourth-order valence-electron chi connectivity index (χ4n) is 5.07. The fraction of sp³-hybridized carbons (Fsp3) is 0.360. The lowest BCUT2D eigenvalue weighted by molar-refractivity contribution is -0.135. The number of aryl methyl sites for hydroxylation is 1. The number of nitrogens with one attached hydrogen (secondary N) is 2. The van der Waals surface area contributed by atoms with E-state index in [0.717, 1.165) is 46.9 Å². The number of aromatic amines is 1. The molecule has 2 heterocycles. The number of nitrogens with zero attached hydrogens (tertiary/aromatic N) is 1. The van der Waals surface area contributed by atoms with Gasteiger partial charge in [0, 0.05) is 16.5 Å². The highest BCUT2D eigenvalue weighted by Crippen LogP contribution is 2.49. The molecule has 0 bridgehead atoms. The van der Waals surface area contributed by atoms with Crippen molar-refractivity contribution in [1.29, 1.82) is 0 Å². The van der Waals surface area contributed by atoms with Gasteiger partial charge >= 0.3 is 0 Å². The molecule has 0 radical (unpaired) electrons. The van der Waals surface area contributed by atoms with Crippen molar-refractivity contribution in [3.63, 3.8) is 0 Å². The van der Waals surface area contributed by atoms with E-state index in [1.165, 1.54) is 6.42 Å². The van der Waals surface area contributed by atoms with Crippen molar-refractivity contribution < 1.29 is 9.59 Å². The third kappa shape index (κ3) is 3.33. The van der Waals surface area contributed by atoms with E-state index in [1.807, 2.05) is 42.5 Å². The van der Waals surface area contributed by atoms with Crippen LogP contribution in [0.1, 0.15) is 48.7 Å². The van der Waals surface area contributed by atoms with Crippen LogP contribution in [-0.2, 0) is 4.79 Å². The summed E-state index contributed by atoms with van der Waals surface area (Å²) in [7, 11) is 0. The summed E-state index contributed by atoms with van der Waals surface area (Å²) in [6, 6.07) is 16.1. The molecule has 1 saturated carbocycles. The first kappa shape index (κ1) is 20.2. The van der Waals surface area contributed by atoms with E-state index in [4.69, 9.17) is 0 Å². The Morgan fingerprint density at radius 3 is 2.77 bits per heavy atom. The number of H-pyrrole nitrogens is 1. The SMILES string of the molecule is Cc1ccc2[nH]c(C(=O)NN3C(=O)CSC34CCCCC4C)c(-c3ccccc3)c2c1. The predicted octanol–water partition coefficient (Wildman–Crippen LogP) is 5.27. The molecule has 1 saturated heterocycles. The van der Waals surface area contributed by atoms with E-state index in [9.17, 15) is 9.59 Å². The molecule has 2 fully saturated rings. The van der Waals surface area contributed by atoms with Crippen LogP contribution in [0.15, 0.2) is 48.5 Å². The number of carbonyl (C=O) groups excluding carboxylic acids is 2. The zero-order valence-corrected chi connectivity index (χ0v) is 18.7. The highest BCUT2D eigenvalue weighted by atomic mass is 32.2. The van der Waals surface area contributed by atoms with Crippen LogP contribution in [0.5, 0.6) is 0 Å². The summed E-state index contributed by atoms with van der Waals surface area (Å²) < 4.78 is 0. The Morgan fingerprint density at radius 1 is 1.19 bits per heavy atom. The van der Waals surface area contributed by atoms with E-state index in [1.54, 1.807) is 16.8 Å². The number of rotatable bonds is 3. The quantitative estimate of drug-likeness (QED) is 0.591. The zero-order valence-electron chi connectivity index (χ0n) is 17.9. The minimum absolute atomic E-state index is 0.0136. The smallest absolute Gasteiger partial charge is 0.286 e. The fourth-order valence-corrected chi connectivity index (χ4v) is 6.54. The van der Waals surface area contributed by atoms with Crippen molar-refractivity contribution in [3.8, 4) is 11.1 Å². The lowest BCUT2D eigenvalue weighted by Gasteiger charge is -2.44.